The first-order valence-electron chi connectivity index (χ1n) is 5.22. The zero-order valence-corrected chi connectivity index (χ0v) is 12.6. The highest BCUT2D eigenvalue weighted by Gasteiger charge is 2.09. The molecule has 96 valence electrons. The number of hydrogen-bond acceptors (Lipinski definition) is 5. The molecule has 1 aromatic carbocycles. The number of imidazole rings is 1. The van der Waals surface area contributed by atoms with Crippen LogP contribution in [0.3, 0.4) is 0 Å². The molecule has 0 unspecified atom stereocenters. The van der Waals surface area contributed by atoms with E-state index in [0.29, 0.717) is 27.2 Å². The Balaban J connectivity index is 1.99. The first-order chi connectivity index (χ1) is 9.11. The van der Waals surface area contributed by atoms with Crippen molar-refractivity contribution in [3.8, 4) is 0 Å². The SMILES string of the molecule is Nc1ncnc2[nH]c(Sc3cc(Cl)cc(Br)c3)nc12. The van der Waals surface area contributed by atoms with E-state index in [9.17, 15) is 0 Å². The van der Waals surface area contributed by atoms with Gasteiger partial charge in [0.05, 0.1) is 0 Å². The molecule has 0 saturated heterocycles. The largest absolute Gasteiger partial charge is 0.382 e. The van der Waals surface area contributed by atoms with Crippen molar-refractivity contribution in [2.45, 2.75) is 10.1 Å². The molecule has 5 nitrogen and oxygen atoms in total. The Morgan fingerprint density at radius 1 is 1.26 bits per heavy atom. The Morgan fingerprint density at radius 2 is 2.11 bits per heavy atom. The Labute approximate surface area is 126 Å². The quantitative estimate of drug-likeness (QED) is 0.734. The van der Waals surface area contributed by atoms with Crippen molar-refractivity contribution in [1.82, 2.24) is 19.9 Å². The molecular formula is C11H7BrClN5S. The fourth-order valence-electron chi connectivity index (χ4n) is 1.57. The van der Waals surface area contributed by atoms with Gasteiger partial charge < -0.3 is 10.7 Å². The smallest absolute Gasteiger partial charge is 0.172 e. The third kappa shape index (κ3) is 2.68. The van der Waals surface area contributed by atoms with Gasteiger partial charge in [-0.2, -0.15) is 0 Å². The third-order valence-electron chi connectivity index (χ3n) is 2.34. The Bertz CT molecular complexity index is 740. The monoisotopic (exact) mass is 355 g/mol. The van der Waals surface area contributed by atoms with E-state index in [1.54, 1.807) is 0 Å². The molecule has 2 heterocycles. The van der Waals surface area contributed by atoms with Crippen molar-refractivity contribution >= 4 is 56.3 Å². The van der Waals surface area contributed by atoms with Crippen LogP contribution in [-0.4, -0.2) is 19.9 Å². The van der Waals surface area contributed by atoms with Gasteiger partial charge >= 0.3 is 0 Å². The molecule has 0 saturated carbocycles. The summed E-state index contributed by atoms with van der Waals surface area (Å²) in [4.78, 5) is 16.4. The molecule has 0 amide bonds. The highest BCUT2D eigenvalue weighted by atomic mass is 79.9. The summed E-state index contributed by atoms with van der Waals surface area (Å²) < 4.78 is 0.915. The number of fused-ring (bicyclic) bond motifs is 1. The van der Waals surface area contributed by atoms with E-state index in [-0.39, 0.29) is 0 Å². The lowest BCUT2D eigenvalue weighted by atomic mass is 10.4. The maximum absolute atomic E-state index is 6.00. The minimum atomic E-state index is 0.361. The molecule has 0 aliphatic rings. The van der Waals surface area contributed by atoms with Crippen LogP contribution >= 0.6 is 39.3 Å². The van der Waals surface area contributed by atoms with Crippen molar-refractivity contribution in [2.75, 3.05) is 5.73 Å². The number of rotatable bonds is 2. The van der Waals surface area contributed by atoms with Gasteiger partial charge in [-0.25, -0.2) is 15.0 Å². The number of nitrogens with one attached hydrogen (secondary N) is 1. The second kappa shape index (κ2) is 4.99. The zero-order valence-electron chi connectivity index (χ0n) is 9.39. The van der Waals surface area contributed by atoms with E-state index in [1.807, 2.05) is 18.2 Å². The number of benzene rings is 1. The van der Waals surface area contributed by atoms with Gasteiger partial charge in [0.1, 0.15) is 6.33 Å². The number of hydrogen-bond donors (Lipinski definition) is 2. The molecular weight excluding hydrogens is 350 g/mol. The summed E-state index contributed by atoms with van der Waals surface area (Å²) in [6.07, 6.45) is 1.40. The lowest BCUT2D eigenvalue weighted by Gasteiger charge is -2.00. The van der Waals surface area contributed by atoms with E-state index >= 15 is 0 Å². The average Bonchev–Trinajstić information content (AvgIpc) is 2.71. The van der Waals surface area contributed by atoms with Crippen molar-refractivity contribution in [1.29, 1.82) is 0 Å². The summed E-state index contributed by atoms with van der Waals surface area (Å²) in [5.74, 6) is 0.361. The van der Waals surface area contributed by atoms with Gasteiger partial charge in [0.2, 0.25) is 0 Å². The van der Waals surface area contributed by atoms with Crippen LogP contribution in [0.15, 0.2) is 39.1 Å². The van der Waals surface area contributed by atoms with Crippen LogP contribution in [0.1, 0.15) is 0 Å². The number of aromatic amines is 1. The highest BCUT2D eigenvalue weighted by Crippen LogP contribution is 2.31. The van der Waals surface area contributed by atoms with Gasteiger partial charge in [-0.3, -0.25) is 0 Å². The van der Waals surface area contributed by atoms with Gasteiger partial charge in [-0.05, 0) is 18.2 Å². The van der Waals surface area contributed by atoms with Gasteiger partial charge in [-0.15, -0.1) is 0 Å². The predicted molar refractivity (Wildman–Crippen MR) is 79.4 cm³/mol. The van der Waals surface area contributed by atoms with Crippen molar-refractivity contribution < 1.29 is 0 Å². The third-order valence-corrected chi connectivity index (χ3v) is 3.87. The van der Waals surface area contributed by atoms with Crippen molar-refractivity contribution in [3.63, 3.8) is 0 Å². The summed E-state index contributed by atoms with van der Waals surface area (Å²) in [5.41, 5.74) is 6.94. The van der Waals surface area contributed by atoms with E-state index in [1.165, 1.54) is 18.1 Å². The number of halogens is 2. The molecule has 0 bridgehead atoms. The predicted octanol–water partition coefficient (Wildman–Crippen LogP) is 3.50. The molecule has 3 rings (SSSR count). The van der Waals surface area contributed by atoms with Gasteiger partial charge in [0.15, 0.2) is 22.1 Å². The Hall–Kier alpha value is -1.31. The molecule has 0 spiro atoms. The molecule has 3 N–H and O–H groups in total. The molecule has 0 fully saturated rings. The van der Waals surface area contributed by atoms with E-state index in [2.05, 4.69) is 35.9 Å². The van der Waals surface area contributed by atoms with Gasteiger partial charge in [0.25, 0.3) is 0 Å². The number of nitrogens with zero attached hydrogens (tertiary/aromatic N) is 3. The van der Waals surface area contributed by atoms with Crippen LogP contribution < -0.4 is 5.73 Å². The second-order valence-corrected chi connectivity index (χ2v) is 6.12. The normalized spacial score (nSPS) is 11.1. The lowest BCUT2D eigenvalue weighted by molar-refractivity contribution is 1.07. The lowest BCUT2D eigenvalue weighted by Crippen LogP contribution is -1.91. The number of H-pyrrole nitrogens is 1. The molecule has 0 aliphatic heterocycles. The van der Waals surface area contributed by atoms with Crippen LogP contribution in [0.5, 0.6) is 0 Å². The van der Waals surface area contributed by atoms with Crippen molar-refractivity contribution in [3.05, 3.63) is 34.0 Å². The number of aromatic nitrogens is 4. The summed E-state index contributed by atoms with van der Waals surface area (Å²) in [6.45, 7) is 0. The molecule has 2 aromatic heterocycles. The minimum absolute atomic E-state index is 0.361. The first-order valence-corrected chi connectivity index (χ1v) is 7.21. The number of nitrogens with two attached hydrogens (primary N) is 1. The van der Waals surface area contributed by atoms with Crippen LogP contribution in [-0.2, 0) is 0 Å². The zero-order chi connectivity index (χ0) is 13.4. The van der Waals surface area contributed by atoms with Crippen LogP contribution in [0.25, 0.3) is 11.2 Å². The molecule has 8 heteroatoms. The average molecular weight is 357 g/mol. The van der Waals surface area contributed by atoms with Gasteiger partial charge in [0, 0.05) is 14.4 Å². The molecule has 3 aromatic rings. The Kier molecular flexibility index (Phi) is 3.34. The summed E-state index contributed by atoms with van der Waals surface area (Å²) in [5, 5.41) is 1.35. The van der Waals surface area contributed by atoms with E-state index in [4.69, 9.17) is 17.3 Å². The summed E-state index contributed by atoms with van der Waals surface area (Å²) in [7, 11) is 0. The molecule has 0 aliphatic carbocycles. The first kappa shape index (κ1) is 12.7. The van der Waals surface area contributed by atoms with Crippen LogP contribution in [0.2, 0.25) is 5.02 Å². The fourth-order valence-corrected chi connectivity index (χ4v) is 3.53. The van der Waals surface area contributed by atoms with Gasteiger partial charge in [-0.1, -0.05) is 39.3 Å². The highest BCUT2D eigenvalue weighted by molar-refractivity contribution is 9.10. The standard InChI is InChI=1S/C11H7BrClN5S/c12-5-1-6(13)3-7(2-5)19-11-17-8-9(14)15-4-16-10(8)18-11/h1-4H,(H3,14,15,16,17,18). The molecule has 0 atom stereocenters. The maximum atomic E-state index is 6.00. The van der Waals surface area contributed by atoms with Crippen LogP contribution in [0, 0.1) is 0 Å². The maximum Gasteiger partial charge on any atom is 0.172 e. The van der Waals surface area contributed by atoms with E-state index < -0.39 is 0 Å². The topological polar surface area (TPSA) is 80.5 Å². The fraction of sp³-hybridized carbons (Fsp3) is 0. The Morgan fingerprint density at radius 3 is 2.84 bits per heavy atom. The number of anilines is 1. The van der Waals surface area contributed by atoms with E-state index in [0.717, 1.165) is 9.37 Å². The second-order valence-electron chi connectivity index (χ2n) is 3.71. The number of nitrogen functional groups attached to an aromatic ring is 1. The molecule has 0 radical (unpaired) electrons. The molecule has 19 heavy (non-hydrogen) atoms. The summed E-state index contributed by atoms with van der Waals surface area (Å²) in [6, 6.07) is 5.64. The van der Waals surface area contributed by atoms with Crippen LogP contribution in [0.4, 0.5) is 5.82 Å². The van der Waals surface area contributed by atoms with Crippen molar-refractivity contribution in [2.24, 2.45) is 0 Å². The minimum Gasteiger partial charge on any atom is -0.382 e. The summed E-state index contributed by atoms with van der Waals surface area (Å²) >= 11 is 10.9.